The molecule has 0 N–H and O–H groups in total. The van der Waals surface area contributed by atoms with E-state index in [1.807, 2.05) is 13.0 Å². The Bertz CT molecular complexity index is 698. The van der Waals surface area contributed by atoms with Gasteiger partial charge in [0.25, 0.3) is 0 Å². The van der Waals surface area contributed by atoms with Crippen LogP contribution in [-0.4, -0.2) is 39.1 Å². The summed E-state index contributed by atoms with van der Waals surface area (Å²) < 4.78 is 12.3. The summed E-state index contributed by atoms with van der Waals surface area (Å²) in [6, 6.07) is 1.10. The van der Waals surface area contributed by atoms with E-state index < -0.39 is 13.5 Å². The molecule has 0 heterocycles. The highest BCUT2D eigenvalue weighted by atomic mass is 28.3. The van der Waals surface area contributed by atoms with Crippen molar-refractivity contribution in [1.29, 1.82) is 0 Å². The van der Waals surface area contributed by atoms with Gasteiger partial charge >= 0.3 is 0 Å². The van der Waals surface area contributed by atoms with Gasteiger partial charge in [0.1, 0.15) is 18.4 Å². The summed E-state index contributed by atoms with van der Waals surface area (Å²) in [5.41, 5.74) is -1.09. The molecule has 3 fully saturated rings. The fourth-order valence-corrected chi connectivity index (χ4v) is 7.16. The number of carbonyl (C=O) groups is 2. The van der Waals surface area contributed by atoms with Crippen LogP contribution < -0.4 is 0 Å². The third-order valence-corrected chi connectivity index (χ3v) is 10.5. The fraction of sp³-hybridized carbons (Fsp3) is 0.840. The summed E-state index contributed by atoms with van der Waals surface area (Å²) in [6.45, 7) is 18.5. The quantitative estimate of drug-likeness (QED) is 0.225. The second-order valence-electron chi connectivity index (χ2n) is 12.0. The maximum Gasteiger partial charge on any atom is 0.147 e. The minimum Gasteiger partial charge on any atom is -0.356 e. The average Bonchev–Trinajstić information content (AvgIpc) is 2.99. The van der Waals surface area contributed by atoms with E-state index in [4.69, 9.17) is 9.47 Å². The molecule has 0 amide bonds. The van der Waals surface area contributed by atoms with Crippen LogP contribution in [0.4, 0.5) is 0 Å². The van der Waals surface area contributed by atoms with E-state index in [1.165, 1.54) is 0 Å². The summed E-state index contributed by atoms with van der Waals surface area (Å²) >= 11 is 0. The van der Waals surface area contributed by atoms with Crippen molar-refractivity contribution >= 4 is 19.6 Å². The molecule has 0 unspecified atom stereocenters. The molecule has 2 bridgehead atoms. The van der Waals surface area contributed by atoms with E-state index in [9.17, 15) is 9.59 Å². The molecule has 3 saturated carbocycles. The zero-order chi connectivity index (χ0) is 22.4. The van der Waals surface area contributed by atoms with E-state index in [0.717, 1.165) is 25.3 Å². The van der Waals surface area contributed by atoms with E-state index in [2.05, 4.69) is 40.1 Å². The van der Waals surface area contributed by atoms with Crippen molar-refractivity contribution < 1.29 is 19.1 Å². The van der Waals surface area contributed by atoms with Gasteiger partial charge in [-0.1, -0.05) is 39.6 Å². The van der Waals surface area contributed by atoms with Gasteiger partial charge in [-0.15, -0.1) is 6.58 Å². The van der Waals surface area contributed by atoms with Crippen molar-refractivity contribution in [1.82, 2.24) is 0 Å². The van der Waals surface area contributed by atoms with Gasteiger partial charge in [0.15, 0.2) is 0 Å². The third-order valence-electron chi connectivity index (χ3n) is 8.82. The lowest BCUT2D eigenvalue weighted by Gasteiger charge is -2.58. The van der Waals surface area contributed by atoms with Crippen LogP contribution in [-0.2, 0) is 19.1 Å². The van der Waals surface area contributed by atoms with Crippen LogP contribution in [0, 0.1) is 28.1 Å². The van der Waals surface area contributed by atoms with Crippen molar-refractivity contribution in [3.63, 3.8) is 0 Å². The molecule has 0 aliphatic heterocycles. The van der Waals surface area contributed by atoms with Gasteiger partial charge in [-0.05, 0) is 50.0 Å². The van der Waals surface area contributed by atoms with Gasteiger partial charge in [0.2, 0.25) is 0 Å². The molecule has 0 saturated heterocycles. The molecule has 170 valence electrons. The molecule has 0 aromatic carbocycles. The smallest absolute Gasteiger partial charge is 0.147 e. The Morgan fingerprint density at radius 2 is 1.90 bits per heavy atom. The normalized spacial score (nSPS) is 41.9. The Balaban J connectivity index is 1.90. The molecule has 3 aliphatic rings. The Hall–Kier alpha value is -0.783. The van der Waals surface area contributed by atoms with Crippen molar-refractivity contribution in [2.75, 3.05) is 13.4 Å². The molecular weight excluding hydrogens is 392 g/mol. The van der Waals surface area contributed by atoms with Crippen LogP contribution in [0.15, 0.2) is 12.7 Å². The lowest BCUT2D eigenvalue weighted by Crippen LogP contribution is -2.59. The maximum atomic E-state index is 13.4. The molecule has 0 spiro atoms. The van der Waals surface area contributed by atoms with Gasteiger partial charge < -0.3 is 9.47 Å². The summed E-state index contributed by atoms with van der Waals surface area (Å²) in [7, 11) is -1.16. The summed E-state index contributed by atoms with van der Waals surface area (Å²) in [5, 5.41) is 0. The van der Waals surface area contributed by atoms with E-state index >= 15 is 0 Å². The van der Waals surface area contributed by atoms with Crippen LogP contribution in [0.1, 0.15) is 59.3 Å². The van der Waals surface area contributed by atoms with Gasteiger partial charge in [-0.25, -0.2) is 0 Å². The van der Waals surface area contributed by atoms with Gasteiger partial charge in [-0.2, -0.15) is 0 Å². The Morgan fingerprint density at radius 1 is 1.20 bits per heavy atom. The minimum atomic E-state index is -1.16. The first-order chi connectivity index (χ1) is 13.9. The Kier molecular flexibility index (Phi) is 6.60. The molecule has 3 rings (SSSR count). The zero-order valence-corrected chi connectivity index (χ0v) is 21.0. The van der Waals surface area contributed by atoms with Crippen molar-refractivity contribution in [2.45, 2.75) is 91.1 Å². The SMILES string of the molecule is C=C[C@]1(C)C[C@@H](OCOCC[Si](C)(C)C)[C@]2(C)[C@@H]3C(=O)CC[C@]3(CC[C@@H]2C)CC1=O. The Labute approximate surface area is 184 Å². The summed E-state index contributed by atoms with van der Waals surface area (Å²) in [6.07, 6.45) is 6.17. The topological polar surface area (TPSA) is 52.6 Å². The van der Waals surface area contributed by atoms with E-state index in [-0.39, 0.29) is 35.4 Å². The number of Topliss-reactive ketones (excluding diaryl/α,β-unsaturated/α-hetero) is 2. The van der Waals surface area contributed by atoms with Gasteiger partial charge in [-0.3, -0.25) is 9.59 Å². The van der Waals surface area contributed by atoms with Crippen LogP contribution in [0.2, 0.25) is 25.7 Å². The number of ketones is 2. The predicted molar refractivity (Wildman–Crippen MR) is 123 cm³/mol. The second-order valence-corrected chi connectivity index (χ2v) is 17.6. The Morgan fingerprint density at radius 3 is 2.53 bits per heavy atom. The molecule has 5 heteroatoms. The average molecular weight is 435 g/mol. The van der Waals surface area contributed by atoms with Gasteiger partial charge in [0.05, 0.1) is 6.10 Å². The minimum absolute atomic E-state index is 0.0842. The standard InChI is InChI=1S/C25H42O4Si/c1-8-23(3)16-21(29-17-28-13-14-30(5,6)7)24(4)18(2)9-11-25(15-20(23)27)12-10-19(26)22(24)25/h8,18,21-22H,1,9-17H2,2-7H3/t18-,21+,22-,23+,24+,25+/m0/s1. The van der Waals surface area contributed by atoms with Crippen molar-refractivity contribution in [2.24, 2.45) is 28.1 Å². The first-order valence-electron chi connectivity index (χ1n) is 11.8. The fourth-order valence-electron chi connectivity index (χ4n) is 6.40. The monoisotopic (exact) mass is 434 g/mol. The molecular formula is C25H42O4Si. The predicted octanol–water partition coefficient (Wildman–Crippen LogP) is 5.64. The van der Waals surface area contributed by atoms with E-state index in [1.54, 1.807) is 0 Å². The first-order valence-corrected chi connectivity index (χ1v) is 15.5. The van der Waals surface area contributed by atoms with Crippen molar-refractivity contribution in [3.05, 3.63) is 12.7 Å². The molecule has 0 radical (unpaired) electrons. The molecule has 30 heavy (non-hydrogen) atoms. The van der Waals surface area contributed by atoms with Crippen LogP contribution in [0.3, 0.4) is 0 Å². The molecule has 6 atom stereocenters. The van der Waals surface area contributed by atoms with E-state index in [0.29, 0.717) is 37.6 Å². The molecule has 4 nitrogen and oxygen atoms in total. The molecule has 3 aliphatic carbocycles. The third kappa shape index (κ3) is 4.14. The zero-order valence-electron chi connectivity index (χ0n) is 20.0. The van der Waals surface area contributed by atoms with Crippen LogP contribution in [0.25, 0.3) is 0 Å². The largest absolute Gasteiger partial charge is 0.356 e. The number of allylic oxidation sites excluding steroid dienone is 1. The highest BCUT2D eigenvalue weighted by Crippen LogP contribution is 2.65. The maximum absolute atomic E-state index is 13.4. The lowest BCUT2D eigenvalue weighted by atomic mass is 9.46. The number of hydrogen-bond donors (Lipinski definition) is 0. The highest BCUT2D eigenvalue weighted by Gasteiger charge is 2.65. The number of hydrogen-bond acceptors (Lipinski definition) is 4. The molecule has 0 aromatic heterocycles. The second kappa shape index (κ2) is 8.29. The number of ether oxygens (including phenoxy) is 2. The van der Waals surface area contributed by atoms with Crippen molar-refractivity contribution in [3.8, 4) is 0 Å². The lowest BCUT2D eigenvalue weighted by molar-refractivity contribution is -0.198. The van der Waals surface area contributed by atoms with Crippen LogP contribution in [0.5, 0.6) is 0 Å². The number of carbonyl (C=O) groups excluding carboxylic acids is 2. The first kappa shape index (κ1) is 23.9. The van der Waals surface area contributed by atoms with Gasteiger partial charge in [0, 0.05) is 44.3 Å². The highest BCUT2D eigenvalue weighted by molar-refractivity contribution is 6.76. The van der Waals surface area contributed by atoms with Crippen LogP contribution >= 0.6 is 0 Å². The summed E-state index contributed by atoms with van der Waals surface area (Å²) in [4.78, 5) is 26.6. The molecule has 0 aromatic rings. The summed E-state index contributed by atoms with van der Waals surface area (Å²) in [5.74, 6) is 0.848. The number of rotatable bonds is 7.